The van der Waals surface area contributed by atoms with E-state index in [-0.39, 0.29) is 19.1 Å². The van der Waals surface area contributed by atoms with Gasteiger partial charge < -0.3 is 39.0 Å². The molecule has 0 spiro atoms. The Morgan fingerprint density at radius 2 is 2.03 bits per heavy atom. The Hall–Kier alpha value is -1.36. The molecule has 4 rings (SSSR count). The Labute approximate surface area is 188 Å². The number of hydrogen-bond acceptors (Lipinski definition) is 8. The van der Waals surface area contributed by atoms with E-state index in [1.165, 1.54) is 0 Å². The lowest BCUT2D eigenvalue weighted by Crippen LogP contribution is -2.68. The molecule has 0 bridgehead atoms. The predicted molar refractivity (Wildman–Crippen MR) is 115 cm³/mol. The fraction of sp³-hybridized carbons (Fsp3) is 0.667. The van der Waals surface area contributed by atoms with Gasteiger partial charge in [0.05, 0.1) is 31.5 Å². The minimum absolute atomic E-state index is 0.0749. The summed E-state index contributed by atoms with van der Waals surface area (Å²) in [5.74, 6) is -1.11. The van der Waals surface area contributed by atoms with Crippen molar-refractivity contribution in [2.45, 2.75) is 86.9 Å². The van der Waals surface area contributed by atoms with Crippen LogP contribution in [0.2, 0.25) is 0 Å². The first-order valence-electron chi connectivity index (χ1n) is 11.3. The number of aliphatic hydroxyl groups is 3. The van der Waals surface area contributed by atoms with Crippen LogP contribution in [0.5, 0.6) is 0 Å². The smallest absolute Gasteiger partial charge is 0.197 e. The van der Waals surface area contributed by atoms with E-state index < -0.39 is 48.5 Å². The summed E-state index contributed by atoms with van der Waals surface area (Å²) < 4.78 is 30.8. The van der Waals surface area contributed by atoms with Gasteiger partial charge >= 0.3 is 0 Å². The molecule has 0 saturated carbocycles. The molecule has 0 radical (unpaired) electrons. The van der Waals surface area contributed by atoms with Crippen molar-refractivity contribution in [1.82, 2.24) is 0 Å². The Morgan fingerprint density at radius 1 is 1.25 bits per heavy atom. The van der Waals surface area contributed by atoms with Crippen molar-refractivity contribution in [3.8, 4) is 0 Å². The van der Waals surface area contributed by atoms with Gasteiger partial charge in [0, 0.05) is 20.0 Å². The standard InChI is InChI=1S/C24H34O8/c1-3-7-17-10-11-24(28-2)23(30-17)19(27)21-22(32-24)20(18(31-21)12-16(26)13-25)29-14-15-8-5-4-6-9-15/h3-6,8-9,16-23,25-27H,1,7,10-14H2,2H3/t16-,17-,18-,19+,20+,21+,22+,23-,24-/m1/s1. The van der Waals surface area contributed by atoms with Crippen LogP contribution in [0.3, 0.4) is 0 Å². The predicted octanol–water partition coefficient (Wildman–Crippen LogP) is 1.31. The van der Waals surface area contributed by atoms with Crippen LogP contribution in [-0.2, 0) is 30.3 Å². The highest BCUT2D eigenvalue weighted by atomic mass is 16.7. The summed E-state index contributed by atoms with van der Waals surface area (Å²) >= 11 is 0. The Bertz CT molecular complexity index is 745. The second-order valence-electron chi connectivity index (χ2n) is 8.80. The lowest BCUT2D eigenvalue weighted by atomic mass is 9.85. The van der Waals surface area contributed by atoms with Crippen LogP contribution in [0.1, 0.15) is 31.2 Å². The summed E-state index contributed by atoms with van der Waals surface area (Å²) in [6.07, 6.45) is -1.30. The molecular formula is C24H34O8. The summed E-state index contributed by atoms with van der Waals surface area (Å²) in [6, 6.07) is 9.73. The zero-order valence-electron chi connectivity index (χ0n) is 18.4. The van der Waals surface area contributed by atoms with Gasteiger partial charge in [-0.3, -0.25) is 0 Å². The zero-order valence-corrected chi connectivity index (χ0v) is 18.4. The minimum atomic E-state index is -1.11. The van der Waals surface area contributed by atoms with E-state index in [2.05, 4.69) is 6.58 Å². The van der Waals surface area contributed by atoms with Gasteiger partial charge in [-0.05, 0) is 18.4 Å². The average molecular weight is 451 g/mol. The number of benzene rings is 1. The molecule has 0 unspecified atom stereocenters. The highest BCUT2D eigenvalue weighted by molar-refractivity contribution is 5.14. The van der Waals surface area contributed by atoms with E-state index in [1.807, 2.05) is 30.3 Å². The van der Waals surface area contributed by atoms with Gasteiger partial charge in [0.25, 0.3) is 0 Å². The lowest BCUT2D eigenvalue weighted by molar-refractivity contribution is -0.382. The topological polar surface area (TPSA) is 107 Å². The van der Waals surface area contributed by atoms with E-state index >= 15 is 0 Å². The first-order valence-corrected chi connectivity index (χ1v) is 11.3. The number of hydrogen-bond donors (Lipinski definition) is 3. The van der Waals surface area contributed by atoms with Crippen LogP contribution in [0, 0.1) is 0 Å². The maximum absolute atomic E-state index is 11.3. The molecule has 0 aliphatic carbocycles. The van der Waals surface area contributed by atoms with Crippen LogP contribution < -0.4 is 0 Å². The summed E-state index contributed by atoms with van der Waals surface area (Å²) in [4.78, 5) is 0. The average Bonchev–Trinajstić information content (AvgIpc) is 3.15. The lowest BCUT2D eigenvalue weighted by Gasteiger charge is -2.52. The molecule has 8 heteroatoms. The number of fused-ring (bicyclic) bond motifs is 2. The summed E-state index contributed by atoms with van der Waals surface area (Å²) in [6.45, 7) is 3.72. The van der Waals surface area contributed by atoms with E-state index in [0.717, 1.165) is 5.56 Å². The highest BCUT2D eigenvalue weighted by Gasteiger charge is 2.63. The number of methoxy groups -OCH3 is 1. The maximum atomic E-state index is 11.3. The summed E-state index contributed by atoms with van der Waals surface area (Å²) in [5.41, 5.74) is 0.987. The van der Waals surface area contributed by atoms with E-state index in [0.29, 0.717) is 25.9 Å². The number of rotatable bonds is 9. The van der Waals surface area contributed by atoms with Gasteiger partial charge in [0.2, 0.25) is 0 Å². The molecule has 3 N–H and O–H groups in total. The number of ether oxygens (including phenoxy) is 5. The van der Waals surface area contributed by atoms with Gasteiger partial charge in [0.15, 0.2) is 5.79 Å². The fourth-order valence-corrected chi connectivity index (χ4v) is 5.04. The Kier molecular flexibility index (Phi) is 7.64. The first-order chi connectivity index (χ1) is 15.5. The third-order valence-corrected chi connectivity index (χ3v) is 6.69. The molecule has 3 fully saturated rings. The van der Waals surface area contributed by atoms with Crippen LogP contribution in [0.4, 0.5) is 0 Å². The van der Waals surface area contributed by atoms with Gasteiger partial charge in [-0.2, -0.15) is 0 Å². The fourth-order valence-electron chi connectivity index (χ4n) is 5.04. The van der Waals surface area contributed by atoms with E-state index in [1.54, 1.807) is 13.2 Å². The van der Waals surface area contributed by atoms with Crippen molar-refractivity contribution >= 4 is 0 Å². The molecule has 1 aromatic rings. The van der Waals surface area contributed by atoms with Gasteiger partial charge in [-0.1, -0.05) is 36.4 Å². The summed E-state index contributed by atoms with van der Waals surface area (Å²) in [5, 5.41) is 30.7. The van der Waals surface area contributed by atoms with Crippen molar-refractivity contribution < 1.29 is 39.0 Å². The van der Waals surface area contributed by atoms with Crippen molar-refractivity contribution in [1.29, 1.82) is 0 Å². The number of aliphatic hydroxyl groups excluding tert-OH is 3. The van der Waals surface area contributed by atoms with Gasteiger partial charge in [-0.15, -0.1) is 6.58 Å². The molecular weight excluding hydrogens is 416 g/mol. The van der Waals surface area contributed by atoms with Gasteiger partial charge in [-0.25, -0.2) is 0 Å². The monoisotopic (exact) mass is 450 g/mol. The SMILES string of the molecule is C=CC[C@@H]1CC[C@@]2(OC)O[C@H]3[C@@H](OCc4ccccc4)[C@@H](C[C@@H](O)CO)O[C@H]3[C@H](O)[C@H]2O1. The highest BCUT2D eigenvalue weighted by Crippen LogP contribution is 2.46. The Balaban J connectivity index is 1.56. The quantitative estimate of drug-likeness (QED) is 0.484. The molecule has 3 aliphatic heterocycles. The van der Waals surface area contributed by atoms with Gasteiger partial charge in [0.1, 0.15) is 30.5 Å². The van der Waals surface area contributed by atoms with Crippen LogP contribution >= 0.6 is 0 Å². The molecule has 9 atom stereocenters. The maximum Gasteiger partial charge on any atom is 0.197 e. The molecule has 3 saturated heterocycles. The van der Waals surface area contributed by atoms with Crippen molar-refractivity contribution in [2.24, 2.45) is 0 Å². The third-order valence-electron chi connectivity index (χ3n) is 6.69. The molecule has 0 aromatic heterocycles. The largest absolute Gasteiger partial charge is 0.394 e. The second-order valence-corrected chi connectivity index (χ2v) is 8.80. The van der Waals surface area contributed by atoms with Crippen LogP contribution in [0.25, 0.3) is 0 Å². The van der Waals surface area contributed by atoms with Crippen molar-refractivity contribution in [3.63, 3.8) is 0 Å². The molecule has 3 aliphatic rings. The third kappa shape index (κ3) is 4.64. The second kappa shape index (κ2) is 10.3. The molecule has 0 amide bonds. The van der Waals surface area contributed by atoms with Crippen LogP contribution in [-0.4, -0.2) is 83.7 Å². The normalized spacial score (nSPS) is 39.8. The van der Waals surface area contributed by atoms with E-state index in [4.69, 9.17) is 23.7 Å². The molecule has 32 heavy (non-hydrogen) atoms. The first kappa shape index (κ1) is 23.8. The minimum Gasteiger partial charge on any atom is -0.394 e. The van der Waals surface area contributed by atoms with Crippen molar-refractivity contribution in [3.05, 3.63) is 48.6 Å². The Morgan fingerprint density at radius 3 is 2.72 bits per heavy atom. The van der Waals surface area contributed by atoms with Crippen molar-refractivity contribution in [2.75, 3.05) is 13.7 Å². The molecule has 3 heterocycles. The van der Waals surface area contributed by atoms with E-state index in [9.17, 15) is 15.3 Å². The molecule has 178 valence electrons. The molecule has 8 nitrogen and oxygen atoms in total. The zero-order chi connectivity index (χ0) is 22.7. The molecule has 1 aromatic carbocycles. The van der Waals surface area contributed by atoms with Crippen LogP contribution in [0.15, 0.2) is 43.0 Å². The summed E-state index contributed by atoms with van der Waals surface area (Å²) in [7, 11) is 1.56.